The molecule has 0 atom stereocenters. The van der Waals surface area contributed by atoms with E-state index in [2.05, 4.69) is 63.1 Å². The number of thiophene rings is 1. The van der Waals surface area contributed by atoms with Gasteiger partial charge in [-0.15, -0.1) is 11.3 Å². The van der Waals surface area contributed by atoms with Crippen LogP contribution in [0.1, 0.15) is 5.56 Å². The van der Waals surface area contributed by atoms with Gasteiger partial charge in [-0.3, -0.25) is 9.78 Å². The zero-order valence-corrected chi connectivity index (χ0v) is 17.4. The van der Waals surface area contributed by atoms with E-state index in [0.717, 1.165) is 43.1 Å². The first kappa shape index (κ1) is 19.3. The van der Waals surface area contributed by atoms with Gasteiger partial charge < -0.3 is 20.7 Å². The van der Waals surface area contributed by atoms with Crippen molar-refractivity contribution in [3.63, 3.8) is 0 Å². The molecule has 5 rings (SSSR count). The largest absolute Gasteiger partial charge is 0.480 e. The number of aromatic amines is 1. The zero-order valence-electron chi connectivity index (χ0n) is 16.6. The lowest BCUT2D eigenvalue weighted by Crippen LogP contribution is -2.21. The number of benzene rings is 2. The number of carbonyl (C=O) groups is 1. The predicted octanol–water partition coefficient (Wildman–Crippen LogP) is 5.36. The molecule has 3 aromatic heterocycles. The van der Waals surface area contributed by atoms with Crippen molar-refractivity contribution in [1.29, 1.82) is 0 Å². The van der Waals surface area contributed by atoms with Crippen molar-refractivity contribution in [2.24, 2.45) is 0 Å². The Bertz CT molecular complexity index is 1370. The number of aromatic nitrogens is 2. The van der Waals surface area contributed by atoms with Crippen LogP contribution in [0.5, 0.6) is 0 Å². The van der Waals surface area contributed by atoms with Crippen LogP contribution < -0.4 is 10.6 Å². The van der Waals surface area contributed by atoms with Crippen molar-refractivity contribution in [3.8, 4) is 10.4 Å². The SMILES string of the molecule is O=C(O)CNCc1ccc(-c2cc3nccc(Nc4ccc5[nH]ccc5c4)c3s2)cc1. The highest BCUT2D eigenvalue weighted by atomic mass is 32.1. The number of rotatable bonds is 7. The molecule has 0 saturated carbocycles. The summed E-state index contributed by atoms with van der Waals surface area (Å²) in [6.45, 7) is 0.483. The molecule has 0 unspecified atom stereocenters. The van der Waals surface area contributed by atoms with Crippen molar-refractivity contribution in [2.75, 3.05) is 11.9 Å². The normalized spacial score (nSPS) is 11.2. The summed E-state index contributed by atoms with van der Waals surface area (Å²) in [4.78, 5) is 19.5. The molecular weight excluding hydrogens is 408 g/mol. The van der Waals surface area contributed by atoms with Crippen molar-refractivity contribution in [3.05, 3.63) is 78.6 Å². The van der Waals surface area contributed by atoms with E-state index in [1.54, 1.807) is 11.3 Å². The van der Waals surface area contributed by atoms with Gasteiger partial charge in [-0.1, -0.05) is 24.3 Å². The summed E-state index contributed by atoms with van der Waals surface area (Å²) in [7, 11) is 0. The molecule has 6 nitrogen and oxygen atoms in total. The molecular formula is C24H20N4O2S. The Balaban J connectivity index is 1.39. The first-order valence-electron chi connectivity index (χ1n) is 9.90. The van der Waals surface area contributed by atoms with E-state index in [9.17, 15) is 4.79 Å². The molecule has 154 valence electrons. The first-order valence-corrected chi connectivity index (χ1v) is 10.7. The van der Waals surface area contributed by atoms with Gasteiger partial charge in [0.2, 0.25) is 0 Å². The maximum absolute atomic E-state index is 10.6. The number of carboxylic acids is 1. The summed E-state index contributed by atoms with van der Waals surface area (Å²) in [6, 6.07) is 20.6. The molecule has 7 heteroatoms. The predicted molar refractivity (Wildman–Crippen MR) is 126 cm³/mol. The van der Waals surface area contributed by atoms with E-state index in [-0.39, 0.29) is 6.54 Å². The minimum absolute atomic E-state index is 0.0451. The third kappa shape index (κ3) is 4.14. The van der Waals surface area contributed by atoms with E-state index >= 15 is 0 Å². The number of nitrogens with zero attached hydrogens (tertiary/aromatic N) is 1. The number of carboxylic acid groups (broad SMARTS) is 1. The molecule has 0 saturated heterocycles. The van der Waals surface area contributed by atoms with Crippen LogP contribution in [0.15, 0.2) is 73.1 Å². The second-order valence-corrected chi connectivity index (χ2v) is 8.33. The molecule has 0 aliphatic carbocycles. The Kier molecular flexibility index (Phi) is 5.11. The van der Waals surface area contributed by atoms with Crippen molar-refractivity contribution < 1.29 is 9.90 Å². The van der Waals surface area contributed by atoms with Gasteiger partial charge in [0, 0.05) is 40.4 Å². The number of hydrogen-bond donors (Lipinski definition) is 4. The number of aliphatic carboxylic acids is 1. The molecule has 2 aromatic carbocycles. The highest BCUT2D eigenvalue weighted by Crippen LogP contribution is 2.37. The lowest BCUT2D eigenvalue weighted by Gasteiger charge is -2.07. The molecule has 0 bridgehead atoms. The molecule has 0 spiro atoms. The fraction of sp³-hybridized carbons (Fsp3) is 0.0833. The average molecular weight is 429 g/mol. The fourth-order valence-corrected chi connectivity index (χ4v) is 4.66. The van der Waals surface area contributed by atoms with E-state index in [0.29, 0.717) is 6.54 Å². The highest BCUT2D eigenvalue weighted by molar-refractivity contribution is 7.22. The van der Waals surface area contributed by atoms with Gasteiger partial charge in [0.05, 0.1) is 22.4 Å². The third-order valence-electron chi connectivity index (χ3n) is 5.09. The van der Waals surface area contributed by atoms with Gasteiger partial charge >= 0.3 is 5.97 Å². The lowest BCUT2D eigenvalue weighted by atomic mass is 10.1. The van der Waals surface area contributed by atoms with Crippen LogP contribution in [0.2, 0.25) is 0 Å². The number of fused-ring (bicyclic) bond motifs is 2. The number of hydrogen-bond acceptors (Lipinski definition) is 5. The number of H-pyrrole nitrogens is 1. The third-order valence-corrected chi connectivity index (χ3v) is 6.29. The van der Waals surface area contributed by atoms with Crippen LogP contribution in [-0.4, -0.2) is 27.6 Å². The van der Waals surface area contributed by atoms with Crippen LogP contribution in [0.3, 0.4) is 0 Å². The minimum atomic E-state index is -0.855. The second-order valence-electron chi connectivity index (χ2n) is 7.28. The summed E-state index contributed by atoms with van der Waals surface area (Å²) >= 11 is 1.70. The monoisotopic (exact) mass is 428 g/mol. The Hall–Kier alpha value is -3.68. The maximum Gasteiger partial charge on any atom is 0.317 e. The van der Waals surface area contributed by atoms with Gasteiger partial charge in [0.25, 0.3) is 0 Å². The van der Waals surface area contributed by atoms with Crippen LogP contribution >= 0.6 is 11.3 Å². The summed E-state index contributed by atoms with van der Waals surface area (Å²) in [5, 5.41) is 16.3. The van der Waals surface area contributed by atoms with Crippen LogP contribution in [-0.2, 0) is 11.3 Å². The molecule has 4 N–H and O–H groups in total. The Labute approximate surface area is 182 Å². The first-order chi connectivity index (χ1) is 15.2. The smallest absolute Gasteiger partial charge is 0.317 e. The van der Waals surface area contributed by atoms with Gasteiger partial charge in [0.1, 0.15) is 0 Å². The summed E-state index contributed by atoms with van der Waals surface area (Å²) in [6.07, 6.45) is 3.77. The summed E-state index contributed by atoms with van der Waals surface area (Å²) in [5.41, 5.74) is 6.31. The topological polar surface area (TPSA) is 90.0 Å². The molecule has 0 aliphatic rings. The Morgan fingerprint density at radius 1 is 1.06 bits per heavy atom. The fourth-order valence-electron chi connectivity index (χ4n) is 3.57. The maximum atomic E-state index is 10.6. The minimum Gasteiger partial charge on any atom is -0.480 e. The van der Waals surface area contributed by atoms with E-state index in [1.807, 2.05) is 30.6 Å². The molecule has 5 aromatic rings. The summed E-state index contributed by atoms with van der Waals surface area (Å²) < 4.78 is 1.11. The van der Waals surface area contributed by atoms with Gasteiger partial charge in [-0.2, -0.15) is 0 Å². The standard InChI is InChI=1S/C24H20N4O2S/c29-23(30)14-25-13-15-1-3-16(4-2-15)22-12-21-24(31-22)20(8-10-27-21)28-18-5-6-19-17(11-18)7-9-26-19/h1-12,25-26H,13-14H2,(H,27,28)(H,29,30). The van der Waals surface area contributed by atoms with Gasteiger partial charge in [-0.25, -0.2) is 0 Å². The average Bonchev–Trinajstić information content (AvgIpc) is 3.41. The van der Waals surface area contributed by atoms with Crippen LogP contribution in [0.25, 0.3) is 31.6 Å². The van der Waals surface area contributed by atoms with Crippen LogP contribution in [0, 0.1) is 0 Å². The second kappa shape index (κ2) is 8.22. The van der Waals surface area contributed by atoms with Gasteiger partial charge in [-0.05, 0) is 47.5 Å². The molecule has 3 heterocycles. The van der Waals surface area contributed by atoms with Crippen molar-refractivity contribution in [2.45, 2.75) is 6.54 Å². The molecule has 0 fully saturated rings. The molecule has 0 aliphatic heterocycles. The number of pyridine rings is 1. The van der Waals surface area contributed by atoms with E-state index < -0.39 is 5.97 Å². The van der Waals surface area contributed by atoms with Gasteiger partial charge in [0.15, 0.2) is 0 Å². The van der Waals surface area contributed by atoms with E-state index in [4.69, 9.17) is 5.11 Å². The summed E-state index contributed by atoms with van der Waals surface area (Å²) in [5.74, 6) is -0.855. The number of anilines is 2. The highest BCUT2D eigenvalue weighted by Gasteiger charge is 2.10. The van der Waals surface area contributed by atoms with E-state index in [1.165, 1.54) is 5.39 Å². The molecule has 0 radical (unpaired) electrons. The van der Waals surface area contributed by atoms with Crippen molar-refractivity contribution >= 4 is 49.8 Å². The number of nitrogens with one attached hydrogen (secondary N) is 3. The molecule has 31 heavy (non-hydrogen) atoms. The Morgan fingerprint density at radius 2 is 1.94 bits per heavy atom. The van der Waals surface area contributed by atoms with Crippen LogP contribution in [0.4, 0.5) is 11.4 Å². The lowest BCUT2D eigenvalue weighted by molar-refractivity contribution is -0.135. The zero-order chi connectivity index (χ0) is 21.2. The molecule has 0 amide bonds. The van der Waals surface area contributed by atoms with Crippen molar-refractivity contribution in [1.82, 2.24) is 15.3 Å². The quantitative estimate of drug-likeness (QED) is 0.280. The Morgan fingerprint density at radius 3 is 2.77 bits per heavy atom.